The molecule has 0 aliphatic carbocycles. The molecule has 0 amide bonds. The van der Waals surface area contributed by atoms with E-state index in [9.17, 15) is 14.5 Å². The van der Waals surface area contributed by atoms with E-state index in [1.165, 1.54) is 30.3 Å². The molecule has 0 spiro atoms. The Labute approximate surface area is 128 Å². The number of nitro groups is 1. The highest BCUT2D eigenvalue weighted by molar-refractivity contribution is 9.10. The molecule has 0 saturated carbocycles. The molecule has 0 heterocycles. The lowest BCUT2D eigenvalue weighted by molar-refractivity contribution is -0.385. The lowest BCUT2D eigenvalue weighted by Crippen LogP contribution is -2.07. The minimum atomic E-state index is -0.546. The van der Waals surface area contributed by atoms with Gasteiger partial charge in [-0.3, -0.25) is 10.1 Å². The lowest BCUT2D eigenvalue weighted by Gasteiger charge is -2.14. The summed E-state index contributed by atoms with van der Waals surface area (Å²) in [6, 6.07) is 7.83. The first-order chi connectivity index (χ1) is 9.88. The van der Waals surface area contributed by atoms with Crippen molar-refractivity contribution < 1.29 is 14.1 Å². The fraction of sp³-hybridized carbons (Fsp3) is 0.143. The molecular formula is C14H12BrFN2O3. The Morgan fingerprint density at radius 2 is 1.95 bits per heavy atom. The van der Waals surface area contributed by atoms with Crippen LogP contribution in [-0.2, 0) is 0 Å². The molecule has 1 atom stereocenters. The summed E-state index contributed by atoms with van der Waals surface area (Å²) in [4.78, 5) is 10.5. The van der Waals surface area contributed by atoms with Crippen LogP contribution in [-0.4, -0.2) is 4.92 Å². The van der Waals surface area contributed by atoms with Crippen LogP contribution in [0.15, 0.2) is 40.9 Å². The molecule has 21 heavy (non-hydrogen) atoms. The normalized spacial score (nSPS) is 12.0. The topological polar surface area (TPSA) is 78.4 Å². The number of nitrogens with two attached hydrogens (primary N) is 1. The van der Waals surface area contributed by atoms with Crippen LogP contribution in [0.3, 0.4) is 0 Å². The molecule has 110 valence electrons. The molecule has 5 nitrogen and oxygen atoms in total. The third-order valence-corrected chi connectivity index (χ3v) is 3.29. The SMILES string of the molecule is C[C@@H](N)c1cc(F)ccc1Oc1ccc(Br)cc1[N+](=O)[O-]. The molecule has 0 aliphatic rings. The zero-order valence-electron chi connectivity index (χ0n) is 11.0. The lowest BCUT2D eigenvalue weighted by atomic mass is 10.1. The number of benzene rings is 2. The Hall–Kier alpha value is -1.99. The highest BCUT2D eigenvalue weighted by Crippen LogP contribution is 2.36. The highest BCUT2D eigenvalue weighted by Gasteiger charge is 2.18. The molecule has 0 radical (unpaired) electrons. The predicted octanol–water partition coefficient (Wildman–Crippen LogP) is 4.31. The Morgan fingerprint density at radius 1 is 1.29 bits per heavy atom. The van der Waals surface area contributed by atoms with E-state index in [1.807, 2.05) is 0 Å². The summed E-state index contributed by atoms with van der Waals surface area (Å²) >= 11 is 3.17. The summed E-state index contributed by atoms with van der Waals surface area (Å²) < 4.78 is 19.4. The number of nitro benzene ring substituents is 1. The molecule has 7 heteroatoms. The van der Waals surface area contributed by atoms with Gasteiger partial charge in [0.05, 0.1) is 4.92 Å². The van der Waals surface area contributed by atoms with Gasteiger partial charge in [-0.1, -0.05) is 15.9 Å². The van der Waals surface area contributed by atoms with Gasteiger partial charge in [0.1, 0.15) is 11.6 Å². The molecule has 2 aromatic carbocycles. The Bertz CT molecular complexity index is 692. The highest BCUT2D eigenvalue weighted by atomic mass is 79.9. The summed E-state index contributed by atoms with van der Waals surface area (Å²) in [5.41, 5.74) is 6.02. The van der Waals surface area contributed by atoms with Crippen molar-refractivity contribution in [2.75, 3.05) is 0 Å². The van der Waals surface area contributed by atoms with Crippen LogP contribution >= 0.6 is 15.9 Å². The first-order valence-electron chi connectivity index (χ1n) is 6.05. The minimum absolute atomic E-state index is 0.0664. The van der Waals surface area contributed by atoms with E-state index >= 15 is 0 Å². The maximum Gasteiger partial charge on any atom is 0.312 e. The van der Waals surface area contributed by atoms with Gasteiger partial charge in [-0.25, -0.2) is 4.39 Å². The number of ether oxygens (including phenoxy) is 1. The van der Waals surface area contributed by atoms with Crippen molar-refractivity contribution in [2.24, 2.45) is 5.73 Å². The Kier molecular flexibility index (Phi) is 4.54. The summed E-state index contributed by atoms with van der Waals surface area (Å²) in [6.45, 7) is 1.68. The van der Waals surface area contributed by atoms with Crippen LogP contribution < -0.4 is 10.5 Å². The molecule has 2 rings (SSSR count). The van der Waals surface area contributed by atoms with Gasteiger partial charge in [0.2, 0.25) is 5.75 Å². The monoisotopic (exact) mass is 354 g/mol. The number of hydrogen-bond acceptors (Lipinski definition) is 4. The average Bonchev–Trinajstić information content (AvgIpc) is 2.42. The number of nitrogens with zero attached hydrogens (tertiary/aromatic N) is 1. The number of rotatable bonds is 4. The van der Waals surface area contributed by atoms with Gasteiger partial charge in [0, 0.05) is 22.1 Å². The molecule has 0 aromatic heterocycles. The van der Waals surface area contributed by atoms with E-state index in [0.717, 1.165) is 0 Å². The number of halogens is 2. The van der Waals surface area contributed by atoms with Gasteiger partial charge >= 0.3 is 5.69 Å². The predicted molar refractivity (Wildman–Crippen MR) is 79.9 cm³/mol. The van der Waals surface area contributed by atoms with E-state index in [2.05, 4.69) is 15.9 Å². The van der Waals surface area contributed by atoms with Gasteiger partial charge in [-0.05, 0) is 37.3 Å². The van der Waals surface area contributed by atoms with Crippen LogP contribution in [0.25, 0.3) is 0 Å². The third kappa shape index (κ3) is 3.56. The molecule has 0 unspecified atom stereocenters. The zero-order valence-corrected chi connectivity index (χ0v) is 12.6. The van der Waals surface area contributed by atoms with Crippen molar-refractivity contribution in [3.63, 3.8) is 0 Å². The standard InChI is InChI=1S/C14H12BrFN2O3/c1-8(17)11-7-10(16)3-5-13(11)21-14-4-2-9(15)6-12(14)18(19)20/h2-8H,17H2,1H3/t8-/m1/s1. The van der Waals surface area contributed by atoms with Crippen molar-refractivity contribution in [3.8, 4) is 11.5 Å². The molecule has 0 fully saturated rings. The second kappa shape index (κ2) is 6.19. The van der Waals surface area contributed by atoms with E-state index in [-0.39, 0.29) is 17.2 Å². The zero-order chi connectivity index (χ0) is 15.6. The first-order valence-corrected chi connectivity index (χ1v) is 6.84. The minimum Gasteiger partial charge on any atom is -0.450 e. The van der Waals surface area contributed by atoms with Gasteiger partial charge in [-0.15, -0.1) is 0 Å². The van der Waals surface area contributed by atoms with Crippen LogP contribution in [0, 0.1) is 15.9 Å². The van der Waals surface area contributed by atoms with Crippen LogP contribution in [0.2, 0.25) is 0 Å². The first kappa shape index (κ1) is 15.4. The second-order valence-electron chi connectivity index (χ2n) is 4.44. The molecule has 0 aliphatic heterocycles. The van der Waals surface area contributed by atoms with Crippen LogP contribution in [0.1, 0.15) is 18.5 Å². The van der Waals surface area contributed by atoms with E-state index in [0.29, 0.717) is 10.0 Å². The molecule has 2 N–H and O–H groups in total. The summed E-state index contributed by atoms with van der Waals surface area (Å²) in [7, 11) is 0. The van der Waals surface area contributed by atoms with Crippen LogP contribution in [0.4, 0.5) is 10.1 Å². The van der Waals surface area contributed by atoms with Crippen molar-refractivity contribution >= 4 is 21.6 Å². The molecule has 2 aromatic rings. The van der Waals surface area contributed by atoms with E-state index in [4.69, 9.17) is 10.5 Å². The molecule has 0 saturated heterocycles. The van der Waals surface area contributed by atoms with Gasteiger partial charge in [0.15, 0.2) is 0 Å². The Morgan fingerprint density at radius 3 is 2.57 bits per heavy atom. The molecule has 0 bridgehead atoms. The van der Waals surface area contributed by atoms with Crippen molar-refractivity contribution in [1.29, 1.82) is 0 Å². The summed E-state index contributed by atoms with van der Waals surface area (Å²) in [5.74, 6) is -0.0894. The smallest absolute Gasteiger partial charge is 0.312 e. The van der Waals surface area contributed by atoms with Crippen LogP contribution in [0.5, 0.6) is 11.5 Å². The fourth-order valence-electron chi connectivity index (χ4n) is 1.81. The van der Waals surface area contributed by atoms with Crippen molar-refractivity contribution in [2.45, 2.75) is 13.0 Å². The van der Waals surface area contributed by atoms with Crippen molar-refractivity contribution in [1.82, 2.24) is 0 Å². The average molecular weight is 355 g/mol. The fourth-order valence-corrected chi connectivity index (χ4v) is 2.16. The number of hydrogen-bond donors (Lipinski definition) is 1. The largest absolute Gasteiger partial charge is 0.450 e. The van der Waals surface area contributed by atoms with Gasteiger partial charge < -0.3 is 10.5 Å². The summed E-state index contributed by atoms with van der Waals surface area (Å²) in [6.07, 6.45) is 0. The van der Waals surface area contributed by atoms with E-state index in [1.54, 1.807) is 13.0 Å². The maximum absolute atomic E-state index is 13.3. The third-order valence-electron chi connectivity index (χ3n) is 2.80. The van der Waals surface area contributed by atoms with E-state index < -0.39 is 16.8 Å². The second-order valence-corrected chi connectivity index (χ2v) is 5.36. The summed E-state index contributed by atoms with van der Waals surface area (Å²) in [5, 5.41) is 11.1. The van der Waals surface area contributed by atoms with Crippen molar-refractivity contribution in [3.05, 3.63) is 62.4 Å². The quantitative estimate of drug-likeness (QED) is 0.655. The maximum atomic E-state index is 13.3. The van der Waals surface area contributed by atoms with Gasteiger partial charge in [-0.2, -0.15) is 0 Å². The van der Waals surface area contributed by atoms with Gasteiger partial charge in [0.25, 0.3) is 0 Å². The molecular weight excluding hydrogens is 343 g/mol. The Balaban J connectivity index is 2.46.